The largest absolute Gasteiger partial charge is 0.377 e. The van der Waals surface area contributed by atoms with E-state index in [1.165, 1.54) is 11.1 Å². The summed E-state index contributed by atoms with van der Waals surface area (Å²) < 4.78 is 7.10. The number of likely N-dealkylation sites (tertiary alicyclic amines) is 1. The van der Waals surface area contributed by atoms with Crippen molar-refractivity contribution in [3.63, 3.8) is 0 Å². The smallest absolute Gasteiger partial charge is 0.222 e. The van der Waals surface area contributed by atoms with Crippen molar-refractivity contribution in [2.75, 3.05) is 20.7 Å². The first-order valence-corrected chi connectivity index (χ1v) is 10.9. The van der Waals surface area contributed by atoms with Crippen molar-refractivity contribution in [1.29, 1.82) is 0 Å². The van der Waals surface area contributed by atoms with E-state index < -0.39 is 0 Å². The summed E-state index contributed by atoms with van der Waals surface area (Å²) in [6.45, 7) is 3.35. The highest BCUT2D eigenvalue weighted by Gasteiger charge is 2.23. The number of hydrogen-bond donors (Lipinski definition) is 2. The van der Waals surface area contributed by atoms with Gasteiger partial charge in [-0.05, 0) is 24.0 Å². The maximum atomic E-state index is 12.0. The van der Waals surface area contributed by atoms with Gasteiger partial charge in [0.2, 0.25) is 5.91 Å². The van der Waals surface area contributed by atoms with Gasteiger partial charge in [-0.1, -0.05) is 24.3 Å². The Kier molecular flexibility index (Phi) is 8.85. The van der Waals surface area contributed by atoms with Crippen molar-refractivity contribution in [3.05, 3.63) is 47.0 Å². The predicted octanol–water partition coefficient (Wildman–Crippen LogP) is 1.84. The maximum absolute atomic E-state index is 12.0. The number of aliphatic imine (C=N–C) groups is 1. The predicted molar refractivity (Wildman–Crippen MR) is 133 cm³/mol. The van der Waals surface area contributed by atoms with Crippen molar-refractivity contribution < 1.29 is 9.53 Å². The van der Waals surface area contributed by atoms with Crippen LogP contribution in [-0.4, -0.2) is 58.3 Å². The number of ether oxygens (including phenoxy) is 1. The Bertz CT molecular complexity index is 946. The maximum Gasteiger partial charge on any atom is 0.222 e. The normalized spacial score (nSPS) is 18.3. The van der Waals surface area contributed by atoms with Crippen LogP contribution < -0.4 is 10.6 Å². The van der Waals surface area contributed by atoms with Gasteiger partial charge in [0.25, 0.3) is 0 Å². The van der Waals surface area contributed by atoms with Crippen LogP contribution in [0.2, 0.25) is 0 Å². The highest BCUT2D eigenvalue weighted by atomic mass is 127. The zero-order valence-corrected chi connectivity index (χ0v) is 21.0. The van der Waals surface area contributed by atoms with Gasteiger partial charge in [-0.25, -0.2) is 9.67 Å². The minimum absolute atomic E-state index is 0. The molecule has 1 unspecified atom stereocenters. The molecule has 32 heavy (non-hydrogen) atoms. The topological polar surface area (TPSA) is 96.7 Å². The van der Waals surface area contributed by atoms with Crippen LogP contribution >= 0.6 is 24.0 Å². The second-order valence-corrected chi connectivity index (χ2v) is 8.05. The van der Waals surface area contributed by atoms with Crippen LogP contribution in [0.25, 0.3) is 0 Å². The zero-order valence-electron chi connectivity index (χ0n) is 18.7. The first kappa shape index (κ1) is 24.4. The van der Waals surface area contributed by atoms with E-state index in [1.807, 2.05) is 21.7 Å². The molecule has 1 aromatic heterocycles. The summed E-state index contributed by atoms with van der Waals surface area (Å²) >= 11 is 0. The summed E-state index contributed by atoms with van der Waals surface area (Å²) in [4.78, 5) is 22.9. The van der Waals surface area contributed by atoms with Gasteiger partial charge < -0.3 is 20.3 Å². The molecule has 4 rings (SSSR count). The number of aryl methyl sites for hydroxylation is 1. The lowest BCUT2D eigenvalue weighted by atomic mass is 10.1. The van der Waals surface area contributed by atoms with Crippen LogP contribution in [0.15, 0.2) is 29.3 Å². The molecule has 2 aromatic rings. The average molecular weight is 553 g/mol. The molecule has 10 heteroatoms. The van der Waals surface area contributed by atoms with Gasteiger partial charge in [0.1, 0.15) is 12.4 Å². The summed E-state index contributed by atoms with van der Waals surface area (Å²) in [7, 11) is 3.44. The van der Waals surface area contributed by atoms with Gasteiger partial charge in [-0.15, -0.1) is 24.0 Å². The molecular weight excluding hydrogens is 521 g/mol. The Morgan fingerprint density at radius 3 is 2.81 bits per heavy atom. The van der Waals surface area contributed by atoms with Crippen molar-refractivity contribution in [2.24, 2.45) is 4.99 Å². The molecule has 1 amide bonds. The van der Waals surface area contributed by atoms with Gasteiger partial charge in [-0.3, -0.25) is 9.79 Å². The number of carbonyl (C=O) groups excluding carboxylic acids is 1. The number of methoxy groups -OCH3 is 1. The molecule has 3 heterocycles. The third-order valence-electron chi connectivity index (χ3n) is 5.84. The molecule has 0 aliphatic carbocycles. The molecular formula is C22H32IN7O2. The lowest BCUT2D eigenvalue weighted by molar-refractivity contribution is -0.128. The summed E-state index contributed by atoms with van der Waals surface area (Å²) in [5.41, 5.74) is 2.35. The van der Waals surface area contributed by atoms with E-state index in [0.717, 1.165) is 50.0 Å². The number of benzene rings is 1. The molecule has 1 aromatic carbocycles. The Morgan fingerprint density at radius 2 is 2.09 bits per heavy atom. The van der Waals surface area contributed by atoms with E-state index in [2.05, 4.69) is 37.8 Å². The first-order chi connectivity index (χ1) is 15.2. The van der Waals surface area contributed by atoms with Crippen LogP contribution in [0.5, 0.6) is 0 Å². The fourth-order valence-corrected chi connectivity index (χ4v) is 4.20. The molecule has 1 fully saturated rings. The average Bonchev–Trinajstić information content (AvgIpc) is 3.37. The lowest BCUT2D eigenvalue weighted by Crippen LogP contribution is -2.46. The van der Waals surface area contributed by atoms with Crippen LogP contribution in [0.3, 0.4) is 0 Å². The Labute approximate surface area is 206 Å². The van der Waals surface area contributed by atoms with E-state index in [1.54, 1.807) is 14.2 Å². The highest BCUT2D eigenvalue weighted by molar-refractivity contribution is 14.0. The molecule has 0 radical (unpaired) electrons. The number of carbonyl (C=O) groups is 1. The second-order valence-electron chi connectivity index (χ2n) is 8.05. The Hall–Kier alpha value is -2.21. The van der Waals surface area contributed by atoms with Crippen LogP contribution in [0, 0.1) is 0 Å². The molecule has 174 valence electrons. The monoisotopic (exact) mass is 553 g/mol. The zero-order chi connectivity index (χ0) is 21.6. The quantitative estimate of drug-likeness (QED) is 0.309. The fraction of sp³-hybridized carbons (Fsp3) is 0.545. The van der Waals surface area contributed by atoms with Crippen molar-refractivity contribution >= 4 is 35.8 Å². The SMILES string of the molecule is CN=C(NCc1ccccc1CN1CCCC1=O)NC1CCc2nc(COC)nn2C1.I. The van der Waals surface area contributed by atoms with E-state index in [-0.39, 0.29) is 35.9 Å². The molecule has 1 atom stereocenters. The number of amides is 1. The van der Waals surface area contributed by atoms with Gasteiger partial charge in [0.05, 0.1) is 6.54 Å². The molecule has 0 bridgehead atoms. The third kappa shape index (κ3) is 5.97. The van der Waals surface area contributed by atoms with Gasteiger partial charge >= 0.3 is 0 Å². The van der Waals surface area contributed by atoms with Gasteiger partial charge in [0, 0.05) is 52.7 Å². The number of nitrogens with one attached hydrogen (secondary N) is 2. The molecule has 2 aliphatic heterocycles. The highest BCUT2D eigenvalue weighted by Crippen LogP contribution is 2.17. The molecule has 2 N–H and O–H groups in total. The summed E-state index contributed by atoms with van der Waals surface area (Å²) in [6, 6.07) is 8.50. The Balaban J connectivity index is 0.00000289. The third-order valence-corrected chi connectivity index (χ3v) is 5.84. The van der Waals surface area contributed by atoms with E-state index in [0.29, 0.717) is 26.1 Å². The number of guanidine groups is 1. The lowest BCUT2D eigenvalue weighted by Gasteiger charge is -2.25. The number of fused-ring (bicyclic) bond motifs is 1. The number of hydrogen-bond acceptors (Lipinski definition) is 5. The fourth-order valence-electron chi connectivity index (χ4n) is 4.20. The number of aromatic nitrogens is 3. The second kappa shape index (κ2) is 11.6. The van der Waals surface area contributed by atoms with Gasteiger partial charge in [0.15, 0.2) is 11.8 Å². The molecule has 1 saturated heterocycles. The number of halogens is 1. The summed E-state index contributed by atoms with van der Waals surface area (Å²) in [5.74, 6) is 2.75. The summed E-state index contributed by atoms with van der Waals surface area (Å²) in [5, 5.41) is 11.5. The minimum Gasteiger partial charge on any atom is -0.377 e. The molecule has 0 spiro atoms. The Morgan fingerprint density at radius 1 is 1.28 bits per heavy atom. The molecule has 0 saturated carbocycles. The van der Waals surface area contributed by atoms with Gasteiger partial charge in [-0.2, -0.15) is 5.10 Å². The van der Waals surface area contributed by atoms with Crippen LogP contribution in [0.4, 0.5) is 0 Å². The number of rotatable bonds is 7. The van der Waals surface area contributed by atoms with E-state index in [4.69, 9.17) is 4.74 Å². The molecule has 9 nitrogen and oxygen atoms in total. The van der Waals surface area contributed by atoms with E-state index in [9.17, 15) is 4.79 Å². The van der Waals surface area contributed by atoms with E-state index >= 15 is 0 Å². The minimum atomic E-state index is 0. The van der Waals surface area contributed by atoms with Crippen molar-refractivity contribution in [2.45, 2.75) is 58.0 Å². The molecule has 2 aliphatic rings. The van der Waals surface area contributed by atoms with Crippen LogP contribution in [-0.2, 0) is 42.2 Å². The standard InChI is InChI=1S/C22H31N7O2.HI/c1-23-22(25-18-9-10-20-26-19(15-31-2)27-29(20)14-18)24-12-16-6-3-4-7-17(16)13-28-11-5-8-21(28)30;/h3-4,6-7,18H,5,8-15H2,1-2H3,(H2,23,24,25);1H. The van der Waals surface area contributed by atoms with Crippen molar-refractivity contribution in [1.82, 2.24) is 30.3 Å². The first-order valence-electron chi connectivity index (χ1n) is 10.9. The number of nitrogens with zero attached hydrogens (tertiary/aromatic N) is 5. The van der Waals surface area contributed by atoms with Crippen LogP contribution in [0.1, 0.15) is 42.0 Å². The van der Waals surface area contributed by atoms with Crippen molar-refractivity contribution in [3.8, 4) is 0 Å². The summed E-state index contributed by atoms with van der Waals surface area (Å²) in [6.07, 6.45) is 3.47.